The van der Waals surface area contributed by atoms with Gasteiger partial charge < -0.3 is 10.2 Å². The van der Waals surface area contributed by atoms with Crippen LogP contribution in [0.3, 0.4) is 0 Å². The molecule has 0 heterocycles. The quantitative estimate of drug-likeness (QED) is 0.725. The van der Waals surface area contributed by atoms with Gasteiger partial charge in [0.05, 0.1) is 22.7 Å². The lowest BCUT2D eigenvalue weighted by Crippen LogP contribution is -2.19. The minimum atomic E-state index is -4.48. The fourth-order valence-corrected chi connectivity index (χ4v) is 3.02. The number of halogens is 4. The van der Waals surface area contributed by atoms with Crippen molar-refractivity contribution in [3.05, 3.63) is 59.4 Å². The topological polar surface area (TPSA) is 32.3 Å². The number of carbonyl (C=O) groups is 1. The second-order valence-electron chi connectivity index (χ2n) is 5.79. The predicted octanol–water partition coefficient (Wildman–Crippen LogP) is 4.78. The van der Waals surface area contributed by atoms with E-state index in [1.807, 2.05) is 0 Å². The summed E-state index contributed by atoms with van der Waals surface area (Å²) in [4.78, 5) is 13.7. The van der Waals surface area contributed by atoms with Gasteiger partial charge in [-0.05, 0) is 35.9 Å². The summed E-state index contributed by atoms with van der Waals surface area (Å²) in [5.74, 6) is -0.172. The Hall–Kier alpha value is -2.22. The highest BCUT2D eigenvalue weighted by Crippen LogP contribution is 2.35. The number of benzene rings is 2. The Morgan fingerprint density at radius 2 is 1.77 bits per heavy atom. The number of hydrogen-bond acceptors (Lipinski definition) is 3. The van der Waals surface area contributed by atoms with Crippen LogP contribution in [0.4, 0.5) is 28.9 Å². The number of alkyl halides is 3. The van der Waals surface area contributed by atoms with Gasteiger partial charge in [-0.3, -0.25) is 4.79 Å². The van der Waals surface area contributed by atoms with Gasteiger partial charge in [0.15, 0.2) is 0 Å². The zero-order valence-corrected chi connectivity index (χ0v) is 15.0. The molecule has 1 amide bonds. The molecule has 2 aromatic carbocycles. The molecule has 1 N–H and O–H groups in total. The molecule has 0 bridgehead atoms. The molecule has 0 saturated carbocycles. The van der Waals surface area contributed by atoms with Crippen LogP contribution in [0.15, 0.2) is 42.5 Å². The maximum absolute atomic E-state index is 12.9. The van der Waals surface area contributed by atoms with Crippen LogP contribution >= 0.6 is 11.8 Å². The molecule has 2 rings (SSSR count). The van der Waals surface area contributed by atoms with E-state index in [0.717, 1.165) is 17.7 Å². The number of hydrogen-bond donors (Lipinski definition) is 1. The molecule has 0 aliphatic carbocycles. The number of anilines is 2. The van der Waals surface area contributed by atoms with Crippen molar-refractivity contribution in [3.63, 3.8) is 0 Å². The van der Waals surface area contributed by atoms with E-state index in [1.54, 1.807) is 31.1 Å². The summed E-state index contributed by atoms with van der Waals surface area (Å²) in [6, 6.07) is 9.15. The Morgan fingerprint density at radius 1 is 1.12 bits per heavy atom. The zero-order chi connectivity index (χ0) is 19.3. The number of thioether (sulfide) groups is 1. The summed E-state index contributed by atoms with van der Waals surface area (Å²) < 4.78 is 51.5. The van der Waals surface area contributed by atoms with Crippen molar-refractivity contribution in [2.24, 2.45) is 0 Å². The molecule has 0 aliphatic heterocycles. The van der Waals surface area contributed by atoms with Crippen LogP contribution in [0, 0.1) is 5.82 Å². The monoisotopic (exact) mass is 386 g/mol. The highest BCUT2D eigenvalue weighted by Gasteiger charge is 2.31. The highest BCUT2D eigenvalue weighted by molar-refractivity contribution is 7.99. The van der Waals surface area contributed by atoms with Crippen molar-refractivity contribution in [3.8, 4) is 0 Å². The van der Waals surface area contributed by atoms with Crippen LogP contribution in [0.1, 0.15) is 11.1 Å². The lowest BCUT2D eigenvalue weighted by atomic mass is 10.1. The van der Waals surface area contributed by atoms with Gasteiger partial charge in [0.25, 0.3) is 0 Å². The Bertz CT molecular complexity index is 761. The van der Waals surface area contributed by atoms with Crippen LogP contribution in [0.25, 0.3) is 0 Å². The average molecular weight is 386 g/mol. The van der Waals surface area contributed by atoms with Gasteiger partial charge in [-0.2, -0.15) is 13.2 Å². The number of nitrogens with one attached hydrogen (secondary N) is 1. The van der Waals surface area contributed by atoms with Gasteiger partial charge in [-0.1, -0.05) is 12.1 Å². The fraction of sp³-hybridized carbons (Fsp3) is 0.278. The lowest BCUT2D eigenvalue weighted by Gasteiger charge is -2.19. The minimum absolute atomic E-state index is 0.0699. The summed E-state index contributed by atoms with van der Waals surface area (Å²) in [5, 5.41) is 2.54. The normalized spacial score (nSPS) is 11.3. The van der Waals surface area contributed by atoms with E-state index in [9.17, 15) is 22.4 Å². The molecular formula is C18H18F4N2OS. The number of carbonyl (C=O) groups excluding carboxylic acids is 1. The molecule has 0 aromatic heterocycles. The highest BCUT2D eigenvalue weighted by atomic mass is 32.2. The third-order valence-electron chi connectivity index (χ3n) is 3.49. The lowest BCUT2D eigenvalue weighted by molar-refractivity contribution is -0.137. The SMILES string of the molecule is CN(C)c1ccc(C(F)(F)F)cc1NC(=O)CSCc1ccc(F)cc1. The van der Waals surface area contributed by atoms with Crippen molar-refractivity contribution in [1.82, 2.24) is 0 Å². The summed E-state index contributed by atoms with van der Waals surface area (Å²) >= 11 is 1.29. The van der Waals surface area contributed by atoms with E-state index in [-0.39, 0.29) is 17.3 Å². The van der Waals surface area contributed by atoms with Crippen LogP contribution in [-0.2, 0) is 16.7 Å². The minimum Gasteiger partial charge on any atom is -0.376 e. The summed E-state index contributed by atoms with van der Waals surface area (Å²) in [6.07, 6.45) is -4.48. The van der Waals surface area contributed by atoms with E-state index in [1.165, 1.54) is 30.0 Å². The van der Waals surface area contributed by atoms with Crippen LogP contribution in [-0.4, -0.2) is 25.8 Å². The Labute approximate surface area is 153 Å². The van der Waals surface area contributed by atoms with E-state index in [2.05, 4.69) is 5.32 Å². The van der Waals surface area contributed by atoms with Crippen molar-refractivity contribution in [2.45, 2.75) is 11.9 Å². The molecule has 0 spiro atoms. The second-order valence-corrected chi connectivity index (χ2v) is 6.78. The molecule has 0 radical (unpaired) electrons. The molecule has 8 heteroatoms. The number of amides is 1. The standard InChI is InChI=1S/C18H18F4N2OS/c1-24(2)16-8-5-13(18(20,21)22)9-15(16)23-17(25)11-26-10-12-3-6-14(19)7-4-12/h3-9H,10-11H2,1-2H3,(H,23,25). The predicted molar refractivity (Wildman–Crippen MR) is 97.0 cm³/mol. The molecule has 2 aromatic rings. The van der Waals surface area contributed by atoms with Crippen molar-refractivity contribution < 1.29 is 22.4 Å². The van der Waals surface area contributed by atoms with E-state index in [0.29, 0.717) is 11.4 Å². The Kier molecular flexibility index (Phi) is 6.52. The first-order valence-corrected chi connectivity index (χ1v) is 8.83. The molecule has 0 atom stereocenters. The van der Waals surface area contributed by atoms with E-state index >= 15 is 0 Å². The first-order chi connectivity index (χ1) is 12.2. The molecule has 26 heavy (non-hydrogen) atoms. The molecular weight excluding hydrogens is 368 g/mol. The van der Waals surface area contributed by atoms with Crippen LogP contribution < -0.4 is 10.2 Å². The zero-order valence-electron chi connectivity index (χ0n) is 14.2. The van der Waals surface area contributed by atoms with Crippen molar-refractivity contribution in [2.75, 3.05) is 30.1 Å². The van der Waals surface area contributed by atoms with Crippen LogP contribution in [0.2, 0.25) is 0 Å². The second kappa shape index (κ2) is 8.44. The smallest absolute Gasteiger partial charge is 0.376 e. The molecule has 0 aliphatic rings. The maximum Gasteiger partial charge on any atom is 0.416 e. The third kappa shape index (κ3) is 5.66. The van der Waals surface area contributed by atoms with Gasteiger partial charge >= 0.3 is 6.18 Å². The van der Waals surface area contributed by atoms with Gasteiger partial charge in [0, 0.05) is 19.8 Å². The molecule has 3 nitrogen and oxygen atoms in total. The Morgan fingerprint density at radius 3 is 2.35 bits per heavy atom. The average Bonchev–Trinajstić information content (AvgIpc) is 2.55. The summed E-state index contributed by atoms with van der Waals surface area (Å²) in [6.45, 7) is 0. The van der Waals surface area contributed by atoms with Crippen molar-refractivity contribution >= 4 is 29.0 Å². The third-order valence-corrected chi connectivity index (χ3v) is 4.50. The molecule has 140 valence electrons. The van der Waals surface area contributed by atoms with Crippen molar-refractivity contribution in [1.29, 1.82) is 0 Å². The van der Waals surface area contributed by atoms with Gasteiger partial charge in [0.1, 0.15) is 5.82 Å². The van der Waals surface area contributed by atoms with E-state index < -0.39 is 17.6 Å². The number of nitrogens with zero attached hydrogens (tertiary/aromatic N) is 1. The largest absolute Gasteiger partial charge is 0.416 e. The fourth-order valence-electron chi connectivity index (χ4n) is 2.23. The van der Waals surface area contributed by atoms with Gasteiger partial charge in [0.2, 0.25) is 5.91 Å². The molecule has 0 unspecified atom stereocenters. The number of rotatable bonds is 6. The maximum atomic E-state index is 12.9. The molecule has 0 fully saturated rings. The van der Waals surface area contributed by atoms with E-state index in [4.69, 9.17) is 0 Å². The van der Waals surface area contributed by atoms with Gasteiger partial charge in [-0.25, -0.2) is 4.39 Å². The Balaban J connectivity index is 2.01. The molecule has 0 saturated heterocycles. The van der Waals surface area contributed by atoms with Crippen LogP contribution in [0.5, 0.6) is 0 Å². The summed E-state index contributed by atoms with van der Waals surface area (Å²) in [7, 11) is 3.36. The van der Waals surface area contributed by atoms with Gasteiger partial charge in [-0.15, -0.1) is 11.8 Å². The summed E-state index contributed by atoms with van der Waals surface area (Å²) in [5.41, 5.74) is 0.627. The first kappa shape index (κ1) is 20.1. The first-order valence-electron chi connectivity index (χ1n) is 7.67.